The highest BCUT2D eigenvalue weighted by Gasteiger charge is 2.39. The van der Waals surface area contributed by atoms with Crippen LogP contribution in [0.1, 0.15) is 37.7 Å². The largest absolute Gasteiger partial charge is 0.391 e. The first-order valence-corrected chi connectivity index (χ1v) is 8.33. The van der Waals surface area contributed by atoms with Crippen LogP contribution in [0.3, 0.4) is 0 Å². The minimum absolute atomic E-state index is 0.0816. The summed E-state index contributed by atoms with van der Waals surface area (Å²) in [6, 6.07) is 10.4. The summed E-state index contributed by atoms with van der Waals surface area (Å²) in [7, 11) is 1.76. The molecule has 2 N–H and O–H groups in total. The maximum atomic E-state index is 12.2. The standard InChI is InChI=1S/C18H26N2O2/c1-20(12-16(21)14-8-9-14)17(22)19-13-18(10-5-11-18)15-6-3-2-4-7-15/h2-4,6-7,14,16,21H,5,8-13H2,1H3,(H,19,22). The van der Waals surface area contributed by atoms with Crippen molar-refractivity contribution in [1.29, 1.82) is 0 Å². The molecular weight excluding hydrogens is 276 g/mol. The van der Waals surface area contributed by atoms with Crippen molar-refractivity contribution in [1.82, 2.24) is 10.2 Å². The number of nitrogens with one attached hydrogen (secondary N) is 1. The van der Waals surface area contributed by atoms with Crippen molar-refractivity contribution >= 4 is 6.03 Å². The number of hydrogen-bond donors (Lipinski definition) is 2. The molecule has 4 heteroatoms. The van der Waals surface area contributed by atoms with Gasteiger partial charge in [0.25, 0.3) is 0 Å². The number of nitrogens with zero attached hydrogens (tertiary/aromatic N) is 1. The van der Waals surface area contributed by atoms with Crippen LogP contribution in [0, 0.1) is 5.92 Å². The van der Waals surface area contributed by atoms with Crippen molar-refractivity contribution < 1.29 is 9.90 Å². The molecule has 1 unspecified atom stereocenters. The fourth-order valence-electron chi connectivity index (χ4n) is 3.34. The van der Waals surface area contributed by atoms with Crippen LogP contribution in [-0.2, 0) is 5.41 Å². The molecule has 2 aliphatic carbocycles. The zero-order valence-electron chi connectivity index (χ0n) is 13.3. The Hall–Kier alpha value is -1.55. The molecule has 22 heavy (non-hydrogen) atoms. The first kappa shape index (κ1) is 15.3. The number of carbonyl (C=O) groups excluding carboxylic acids is 1. The molecule has 0 saturated heterocycles. The van der Waals surface area contributed by atoms with Gasteiger partial charge in [-0.15, -0.1) is 0 Å². The molecule has 2 amide bonds. The molecule has 0 bridgehead atoms. The summed E-state index contributed by atoms with van der Waals surface area (Å²) >= 11 is 0. The SMILES string of the molecule is CN(CC(O)C1CC1)C(=O)NCC1(c2ccccc2)CCC1. The van der Waals surface area contributed by atoms with Crippen molar-refractivity contribution in [2.75, 3.05) is 20.1 Å². The van der Waals surface area contributed by atoms with Crippen LogP contribution in [0.2, 0.25) is 0 Å². The van der Waals surface area contributed by atoms with Gasteiger partial charge in [0.05, 0.1) is 6.10 Å². The van der Waals surface area contributed by atoms with E-state index < -0.39 is 0 Å². The summed E-state index contributed by atoms with van der Waals surface area (Å²) in [4.78, 5) is 13.9. The first-order valence-electron chi connectivity index (χ1n) is 8.33. The molecule has 0 radical (unpaired) electrons. The molecule has 3 rings (SSSR count). The Morgan fingerprint density at radius 3 is 2.59 bits per heavy atom. The number of amides is 2. The molecular formula is C18H26N2O2. The molecule has 0 aliphatic heterocycles. The number of likely N-dealkylation sites (N-methyl/N-ethyl adjacent to an activating group) is 1. The van der Waals surface area contributed by atoms with Crippen molar-refractivity contribution in [3.8, 4) is 0 Å². The van der Waals surface area contributed by atoms with Gasteiger partial charge in [0, 0.05) is 25.6 Å². The maximum Gasteiger partial charge on any atom is 0.317 e. The van der Waals surface area contributed by atoms with Crippen LogP contribution in [0.4, 0.5) is 4.79 Å². The van der Waals surface area contributed by atoms with E-state index in [1.54, 1.807) is 11.9 Å². The Morgan fingerprint density at radius 2 is 2.05 bits per heavy atom. The summed E-state index contributed by atoms with van der Waals surface area (Å²) < 4.78 is 0. The second-order valence-electron chi connectivity index (χ2n) is 6.94. The molecule has 4 nitrogen and oxygen atoms in total. The monoisotopic (exact) mass is 302 g/mol. The van der Waals surface area contributed by atoms with Crippen molar-refractivity contribution in [2.45, 2.75) is 43.6 Å². The lowest BCUT2D eigenvalue weighted by molar-refractivity contribution is 0.112. The van der Waals surface area contributed by atoms with Gasteiger partial charge in [0.1, 0.15) is 0 Å². The van der Waals surface area contributed by atoms with Gasteiger partial charge < -0.3 is 15.3 Å². The lowest BCUT2D eigenvalue weighted by Gasteiger charge is -2.43. The molecule has 0 heterocycles. The topological polar surface area (TPSA) is 52.6 Å². The molecule has 0 aromatic heterocycles. The average molecular weight is 302 g/mol. The molecule has 1 aromatic rings. The Kier molecular flexibility index (Phi) is 4.39. The third-order valence-corrected chi connectivity index (χ3v) is 5.25. The number of urea groups is 1. The second kappa shape index (κ2) is 6.29. The molecule has 2 fully saturated rings. The van der Waals surface area contributed by atoms with Crippen LogP contribution in [0.25, 0.3) is 0 Å². The Bertz CT molecular complexity index is 509. The number of hydrogen-bond acceptors (Lipinski definition) is 2. The molecule has 120 valence electrons. The summed E-state index contributed by atoms with van der Waals surface area (Å²) in [6.07, 6.45) is 5.29. The van der Waals surface area contributed by atoms with Crippen LogP contribution >= 0.6 is 0 Å². The Morgan fingerprint density at radius 1 is 1.36 bits per heavy atom. The smallest absolute Gasteiger partial charge is 0.317 e. The number of carbonyl (C=O) groups is 1. The van der Waals surface area contributed by atoms with Gasteiger partial charge in [-0.05, 0) is 37.2 Å². The van der Waals surface area contributed by atoms with Gasteiger partial charge >= 0.3 is 6.03 Å². The highest BCUT2D eigenvalue weighted by Crippen LogP contribution is 2.43. The quantitative estimate of drug-likeness (QED) is 0.848. The molecule has 0 spiro atoms. The first-order chi connectivity index (χ1) is 10.6. The van der Waals surface area contributed by atoms with E-state index >= 15 is 0 Å². The number of aliphatic hydroxyl groups is 1. The van der Waals surface area contributed by atoms with E-state index in [1.165, 1.54) is 12.0 Å². The van der Waals surface area contributed by atoms with Crippen molar-refractivity contribution in [2.24, 2.45) is 5.92 Å². The second-order valence-corrected chi connectivity index (χ2v) is 6.94. The predicted octanol–water partition coefficient (Wildman–Crippen LogP) is 2.52. The third kappa shape index (κ3) is 3.27. The van der Waals surface area contributed by atoms with E-state index in [1.807, 2.05) is 6.07 Å². The lowest BCUT2D eigenvalue weighted by atomic mass is 9.64. The van der Waals surface area contributed by atoms with Gasteiger partial charge in [0.15, 0.2) is 0 Å². The molecule has 2 saturated carbocycles. The van der Waals surface area contributed by atoms with Gasteiger partial charge in [-0.25, -0.2) is 4.79 Å². The highest BCUT2D eigenvalue weighted by molar-refractivity contribution is 5.74. The van der Waals surface area contributed by atoms with Gasteiger partial charge in [0.2, 0.25) is 0 Å². The van der Waals surface area contributed by atoms with E-state index in [0.29, 0.717) is 19.0 Å². The number of rotatable bonds is 6. The summed E-state index contributed by atoms with van der Waals surface area (Å²) in [5.74, 6) is 0.401. The van der Waals surface area contributed by atoms with Crippen LogP contribution in [0.15, 0.2) is 30.3 Å². The molecule has 2 aliphatic rings. The van der Waals surface area contributed by atoms with E-state index in [4.69, 9.17) is 0 Å². The van der Waals surface area contributed by atoms with Crippen LogP contribution in [0.5, 0.6) is 0 Å². The summed E-state index contributed by atoms with van der Waals surface area (Å²) in [5.41, 5.74) is 1.43. The van der Waals surface area contributed by atoms with Gasteiger partial charge in [-0.3, -0.25) is 0 Å². The van der Waals surface area contributed by atoms with Gasteiger partial charge in [-0.2, -0.15) is 0 Å². The van der Waals surface area contributed by atoms with Crippen LogP contribution < -0.4 is 5.32 Å². The van der Waals surface area contributed by atoms with Crippen molar-refractivity contribution in [3.05, 3.63) is 35.9 Å². The summed E-state index contributed by atoms with van der Waals surface area (Å²) in [5, 5.41) is 13.0. The fourth-order valence-corrected chi connectivity index (χ4v) is 3.34. The lowest BCUT2D eigenvalue weighted by Crippen LogP contribution is -2.49. The Balaban J connectivity index is 1.53. The maximum absolute atomic E-state index is 12.2. The minimum atomic E-state index is -0.373. The van der Waals surface area contributed by atoms with E-state index in [-0.39, 0.29) is 17.6 Å². The zero-order chi connectivity index (χ0) is 15.6. The number of aliphatic hydroxyl groups excluding tert-OH is 1. The normalized spacial score (nSPS) is 20.8. The minimum Gasteiger partial charge on any atom is -0.391 e. The van der Waals surface area contributed by atoms with Crippen LogP contribution in [-0.4, -0.2) is 42.3 Å². The average Bonchev–Trinajstić information content (AvgIpc) is 3.31. The van der Waals surface area contributed by atoms with E-state index in [2.05, 4.69) is 29.6 Å². The highest BCUT2D eigenvalue weighted by atomic mass is 16.3. The molecule has 1 aromatic carbocycles. The number of benzene rings is 1. The third-order valence-electron chi connectivity index (χ3n) is 5.25. The Labute approximate surface area is 132 Å². The predicted molar refractivity (Wildman–Crippen MR) is 86.7 cm³/mol. The van der Waals surface area contributed by atoms with Gasteiger partial charge in [-0.1, -0.05) is 36.8 Å². The zero-order valence-corrected chi connectivity index (χ0v) is 13.3. The van der Waals surface area contributed by atoms with E-state index in [0.717, 1.165) is 25.7 Å². The van der Waals surface area contributed by atoms with E-state index in [9.17, 15) is 9.90 Å². The van der Waals surface area contributed by atoms with Crippen molar-refractivity contribution in [3.63, 3.8) is 0 Å². The fraction of sp³-hybridized carbons (Fsp3) is 0.611. The molecule has 1 atom stereocenters. The summed E-state index contributed by atoms with van der Waals surface area (Å²) in [6.45, 7) is 1.11.